The van der Waals surface area contributed by atoms with Crippen LogP contribution in [0.1, 0.15) is 31.7 Å². The number of hydrogen-bond acceptors (Lipinski definition) is 2. The molecule has 0 amide bonds. The minimum atomic E-state index is 0.556. The summed E-state index contributed by atoms with van der Waals surface area (Å²) in [5.74, 6) is 2.09. The van der Waals surface area contributed by atoms with Crippen LogP contribution < -0.4 is 10.5 Å². The zero-order valence-electron chi connectivity index (χ0n) is 9.86. The van der Waals surface area contributed by atoms with Gasteiger partial charge in [0.1, 0.15) is 5.75 Å². The van der Waals surface area contributed by atoms with Crippen LogP contribution in [0.5, 0.6) is 5.75 Å². The van der Waals surface area contributed by atoms with E-state index in [4.69, 9.17) is 10.5 Å². The van der Waals surface area contributed by atoms with Crippen LogP contribution in [-0.4, -0.2) is 13.7 Å². The van der Waals surface area contributed by atoms with Crippen LogP contribution in [0.25, 0.3) is 0 Å². The maximum Gasteiger partial charge on any atom is 0.118 e. The van der Waals surface area contributed by atoms with E-state index in [9.17, 15) is 0 Å². The average Bonchev–Trinajstić information content (AvgIpc) is 2.26. The second-order valence-corrected chi connectivity index (χ2v) is 4.20. The second kappa shape index (κ2) is 5.76. The van der Waals surface area contributed by atoms with Gasteiger partial charge in [-0.3, -0.25) is 0 Å². The van der Waals surface area contributed by atoms with Gasteiger partial charge in [-0.1, -0.05) is 26.0 Å². The molecule has 2 nitrogen and oxygen atoms in total. The van der Waals surface area contributed by atoms with Crippen molar-refractivity contribution in [3.8, 4) is 5.75 Å². The lowest BCUT2D eigenvalue weighted by atomic mass is 9.86. The van der Waals surface area contributed by atoms with E-state index < -0.39 is 0 Å². The summed E-state index contributed by atoms with van der Waals surface area (Å²) >= 11 is 0. The molecule has 0 aromatic heterocycles. The molecule has 0 aliphatic rings. The summed E-state index contributed by atoms with van der Waals surface area (Å²) in [4.78, 5) is 0. The number of nitrogens with two attached hydrogens (primary N) is 1. The third-order valence-electron chi connectivity index (χ3n) is 2.83. The first-order valence-corrected chi connectivity index (χ1v) is 5.53. The molecule has 0 unspecified atom stereocenters. The summed E-state index contributed by atoms with van der Waals surface area (Å²) in [7, 11) is 1.69. The molecule has 1 aromatic carbocycles. The molecule has 0 radical (unpaired) electrons. The minimum absolute atomic E-state index is 0.556. The summed E-state index contributed by atoms with van der Waals surface area (Å²) in [6.45, 7) is 5.23. The zero-order valence-corrected chi connectivity index (χ0v) is 9.86. The van der Waals surface area contributed by atoms with Crippen molar-refractivity contribution in [1.29, 1.82) is 0 Å². The molecular weight excluding hydrogens is 186 g/mol. The van der Waals surface area contributed by atoms with Crippen LogP contribution in [0, 0.1) is 5.92 Å². The maximum absolute atomic E-state index is 5.64. The van der Waals surface area contributed by atoms with Gasteiger partial charge >= 0.3 is 0 Å². The standard InChI is InChI=1S/C13H21NO/c1-10(2)13(8-9-14)11-4-6-12(15-3)7-5-11/h4-7,10,13H,8-9,14H2,1-3H3/t13-/m0/s1. The molecule has 0 bridgehead atoms. The van der Waals surface area contributed by atoms with E-state index in [0.717, 1.165) is 18.7 Å². The molecule has 1 atom stereocenters. The van der Waals surface area contributed by atoms with E-state index in [0.29, 0.717) is 11.8 Å². The topological polar surface area (TPSA) is 35.2 Å². The van der Waals surface area contributed by atoms with Crippen molar-refractivity contribution >= 4 is 0 Å². The van der Waals surface area contributed by atoms with E-state index >= 15 is 0 Å². The molecule has 0 spiro atoms. The summed E-state index contributed by atoms with van der Waals surface area (Å²) in [6.07, 6.45) is 1.05. The van der Waals surface area contributed by atoms with E-state index in [1.54, 1.807) is 7.11 Å². The molecular formula is C13H21NO. The van der Waals surface area contributed by atoms with Gasteiger partial charge in [-0.15, -0.1) is 0 Å². The third-order valence-corrected chi connectivity index (χ3v) is 2.83. The van der Waals surface area contributed by atoms with Gasteiger partial charge in [0.25, 0.3) is 0 Å². The molecule has 84 valence electrons. The Labute approximate surface area is 92.4 Å². The Morgan fingerprint density at radius 3 is 2.20 bits per heavy atom. The molecule has 2 heteroatoms. The summed E-state index contributed by atoms with van der Waals surface area (Å²) in [5.41, 5.74) is 6.99. The summed E-state index contributed by atoms with van der Waals surface area (Å²) in [6, 6.07) is 8.31. The Morgan fingerprint density at radius 2 is 1.80 bits per heavy atom. The molecule has 1 aromatic rings. The van der Waals surface area contributed by atoms with Gasteiger partial charge in [-0.2, -0.15) is 0 Å². The molecule has 0 fully saturated rings. The van der Waals surface area contributed by atoms with Crippen molar-refractivity contribution < 1.29 is 4.74 Å². The normalized spacial score (nSPS) is 12.9. The first-order chi connectivity index (χ1) is 7.19. The molecule has 0 aliphatic heterocycles. The highest BCUT2D eigenvalue weighted by atomic mass is 16.5. The van der Waals surface area contributed by atoms with Gasteiger partial charge in [-0.05, 0) is 42.5 Å². The van der Waals surface area contributed by atoms with Gasteiger partial charge < -0.3 is 10.5 Å². The number of rotatable bonds is 5. The van der Waals surface area contributed by atoms with Crippen LogP contribution in [0.3, 0.4) is 0 Å². The Balaban J connectivity index is 2.81. The Morgan fingerprint density at radius 1 is 1.20 bits per heavy atom. The number of ether oxygens (including phenoxy) is 1. The van der Waals surface area contributed by atoms with Crippen LogP contribution in [-0.2, 0) is 0 Å². The molecule has 15 heavy (non-hydrogen) atoms. The number of methoxy groups -OCH3 is 1. The minimum Gasteiger partial charge on any atom is -0.497 e. The van der Waals surface area contributed by atoms with Crippen molar-refractivity contribution in [2.75, 3.05) is 13.7 Å². The fraction of sp³-hybridized carbons (Fsp3) is 0.538. The lowest BCUT2D eigenvalue weighted by Crippen LogP contribution is -2.12. The van der Waals surface area contributed by atoms with E-state index in [2.05, 4.69) is 26.0 Å². The fourth-order valence-corrected chi connectivity index (χ4v) is 1.92. The average molecular weight is 207 g/mol. The predicted molar refractivity (Wildman–Crippen MR) is 64.2 cm³/mol. The summed E-state index contributed by atoms with van der Waals surface area (Å²) in [5, 5.41) is 0. The molecule has 0 aliphatic carbocycles. The number of hydrogen-bond donors (Lipinski definition) is 1. The van der Waals surface area contributed by atoms with E-state index in [-0.39, 0.29) is 0 Å². The van der Waals surface area contributed by atoms with Crippen molar-refractivity contribution in [1.82, 2.24) is 0 Å². The zero-order chi connectivity index (χ0) is 11.3. The number of benzene rings is 1. The van der Waals surface area contributed by atoms with Crippen LogP contribution >= 0.6 is 0 Å². The highest BCUT2D eigenvalue weighted by molar-refractivity contribution is 5.29. The lowest BCUT2D eigenvalue weighted by molar-refractivity contribution is 0.413. The van der Waals surface area contributed by atoms with Gasteiger partial charge in [0.2, 0.25) is 0 Å². The van der Waals surface area contributed by atoms with Gasteiger partial charge in [0.05, 0.1) is 7.11 Å². The highest BCUT2D eigenvalue weighted by Crippen LogP contribution is 2.28. The van der Waals surface area contributed by atoms with Gasteiger partial charge in [-0.25, -0.2) is 0 Å². The largest absolute Gasteiger partial charge is 0.497 e. The Kier molecular flexibility index (Phi) is 4.63. The van der Waals surface area contributed by atoms with E-state index in [1.807, 2.05) is 12.1 Å². The first kappa shape index (κ1) is 12.1. The van der Waals surface area contributed by atoms with Crippen molar-refractivity contribution in [2.24, 2.45) is 11.7 Å². The van der Waals surface area contributed by atoms with Crippen LogP contribution in [0.4, 0.5) is 0 Å². The highest BCUT2D eigenvalue weighted by Gasteiger charge is 2.14. The molecule has 0 saturated heterocycles. The Hall–Kier alpha value is -1.02. The first-order valence-electron chi connectivity index (χ1n) is 5.53. The second-order valence-electron chi connectivity index (χ2n) is 4.20. The van der Waals surface area contributed by atoms with E-state index in [1.165, 1.54) is 5.56 Å². The molecule has 0 saturated carbocycles. The van der Waals surface area contributed by atoms with Crippen LogP contribution in [0.15, 0.2) is 24.3 Å². The summed E-state index contributed by atoms with van der Waals surface area (Å²) < 4.78 is 5.14. The molecule has 0 heterocycles. The third kappa shape index (κ3) is 3.24. The predicted octanol–water partition coefficient (Wildman–Crippen LogP) is 2.78. The molecule has 2 N–H and O–H groups in total. The monoisotopic (exact) mass is 207 g/mol. The van der Waals surface area contributed by atoms with Gasteiger partial charge in [0.15, 0.2) is 0 Å². The Bertz CT molecular complexity index is 279. The van der Waals surface area contributed by atoms with Gasteiger partial charge in [0, 0.05) is 0 Å². The van der Waals surface area contributed by atoms with Crippen molar-refractivity contribution in [3.05, 3.63) is 29.8 Å². The SMILES string of the molecule is COc1ccc([C@@H](CCN)C(C)C)cc1. The quantitative estimate of drug-likeness (QED) is 0.805. The molecule has 1 rings (SSSR count). The van der Waals surface area contributed by atoms with Crippen LogP contribution in [0.2, 0.25) is 0 Å². The van der Waals surface area contributed by atoms with Crippen molar-refractivity contribution in [3.63, 3.8) is 0 Å². The lowest BCUT2D eigenvalue weighted by Gasteiger charge is -2.20. The maximum atomic E-state index is 5.64. The smallest absolute Gasteiger partial charge is 0.118 e. The fourth-order valence-electron chi connectivity index (χ4n) is 1.92. The van der Waals surface area contributed by atoms with Crippen molar-refractivity contribution in [2.45, 2.75) is 26.2 Å².